The minimum atomic E-state index is -0.103. The molecular formula is C13H14BrNO2. The number of nitrogens with one attached hydrogen (secondary N) is 1. The Hall–Kier alpha value is -1.29. The molecule has 0 saturated carbocycles. The van der Waals surface area contributed by atoms with Gasteiger partial charge < -0.3 is 9.73 Å². The summed E-state index contributed by atoms with van der Waals surface area (Å²) in [6.07, 6.45) is 0.477. The molecule has 1 heterocycles. The van der Waals surface area contributed by atoms with Gasteiger partial charge in [-0.1, -0.05) is 34.1 Å². The molecule has 2 rings (SSSR count). The van der Waals surface area contributed by atoms with E-state index >= 15 is 0 Å². The van der Waals surface area contributed by atoms with Gasteiger partial charge in [0.05, 0.1) is 6.04 Å². The molecule has 1 N–H and O–H groups in total. The molecule has 1 aromatic heterocycles. The molecule has 0 bridgehead atoms. The summed E-state index contributed by atoms with van der Waals surface area (Å²) in [7, 11) is 0. The van der Waals surface area contributed by atoms with Gasteiger partial charge in [0.15, 0.2) is 0 Å². The molecule has 17 heavy (non-hydrogen) atoms. The van der Waals surface area contributed by atoms with Gasteiger partial charge in [-0.25, -0.2) is 0 Å². The minimum Gasteiger partial charge on any atom is -0.459 e. The lowest BCUT2D eigenvalue weighted by Crippen LogP contribution is -2.26. The number of para-hydroxylation sites is 1. The largest absolute Gasteiger partial charge is 0.459 e. The highest BCUT2D eigenvalue weighted by molar-refractivity contribution is 9.09. The van der Waals surface area contributed by atoms with Crippen LogP contribution in [0.25, 0.3) is 11.0 Å². The average Bonchev–Trinajstić information content (AvgIpc) is 2.72. The number of alkyl halides is 1. The molecule has 3 nitrogen and oxygen atoms in total. The number of carbonyl (C=O) groups excluding carboxylic acids is 1. The third-order valence-corrected chi connectivity index (χ3v) is 2.97. The van der Waals surface area contributed by atoms with Gasteiger partial charge in [-0.3, -0.25) is 4.79 Å². The fourth-order valence-corrected chi connectivity index (χ4v) is 2.05. The van der Waals surface area contributed by atoms with E-state index < -0.39 is 0 Å². The zero-order valence-corrected chi connectivity index (χ0v) is 11.2. The molecule has 1 amide bonds. The van der Waals surface area contributed by atoms with Crippen LogP contribution in [0.15, 0.2) is 34.7 Å². The number of carbonyl (C=O) groups is 1. The van der Waals surface area contributed by atoms with E-state index in [9.17, 15) is 4.79 Å². The first-order valence-corrected chi connectivity index (χ1v) is 6.66. The summed E-state index contributed by atoms with van der Waals surface area (Å²) < 4.78 is 5.68. The molecule has 2 aromatic rings. The summed E-state index contributed by atoms with van der Waals surface area (Å²) in [5, 5.41) is 4.63. The summed E-state index contributed by atoms with van der Waals surface area (Å²) in [5.41, 5.74) is 0.851. The number of furan rings is 1. The zero-order chi connectivity index (χ0) is 12.3. The Kier molecular flexibility index (Phi) is 3.84. The number of rotatable bonds is 4. The van der Waals surface area contributed by atoms with Gasteiger partial charge in [-0.2, -0.15) is 0 Å². The Morgan fingerprint density at radius 1 is 1.47 bits per heavy atom. The fourth-order valence-electron chi connectivity index (χ4n) is 1.69. The lowest BCUT2D eigenvalue weighted by molar-refractivity contribution is -0.121. The van der Waals surface area contributed by atoms with Crippen molar-refractivity contribution in [3.05, 3.63) is 36.1 Å². The van der Waals surface area contributed by atoms with E-state index in [4.69, 9.17) is 4.42 Å². The van der Waals surface area contributed by atoms with Crippen LogP contribution in [0.3, 0.4) is 0 Å². The lowest BCUT2D eigenvalue weighted by atomic mass is 10.2. The van der Waals surface area contributed by atoms with E-state index in [0.717, 1.165) is 16.7 Å². The molecule has 1 atom stereocenters. The number of fused-ring (bicyclic) bond motifs is 1. The van der Waals surface area contributed by atoms with Crippen molar-refractivity contribution in [3.63, 3.8) is 0 Å². The topological polar surface area (TPSA) is 42.2 Å². The number of benzene rings is 1. The van der Waals surface area contributed by atoms with Crippen LogP contribution >= 0.6 is 15.9 Å². The van der Waals surface area contributed by atoms with Crippen molar-refractivity contribution in [3.8, 4) is 0 Å². The minimum absolute atomic E-state index is 0.0230. The van der Waals surface area contributed by atoms with Gasteiger partial charge in [0, 0.05) is 17.1 Å². The molecule has 1 aromatic carbocycles. The standard InChI is InChI=1S/C13H14BrNO2/c1-9(15-13(16)6-7-14)12-8-10-4-2-3-5-11(10)17-12/h2-5,8-9H,6-7H2,1H3,(H,15,16). The summed E-state index contributed by atoms with van der Waals surface area (Å²) in [6, 6.07) is 9.68. The predicted molar refractivity (Wildman–Crippen MR) is 71.2 cm³/mol. The van der Waals surface area contributed by atoms with E-state index in [2.05, 4.69) is 21.2 Å². The smallest absolute Gasteiger partial charge is 0.221 e. The zero-order valence-electron chi connectivity index (χ0n) is 9.57. The molecule has 0 spiro atoms. The van der Waals surface area contributed by atoms with Crippen LogP contribution in [-0.4, -0.2) is 11.2 Å². The Balaban J connectivity index is 2.13. The highest BCUT2D eigenvalue weighted by Gasteiger charge is 2.13. The van der Waals surface area contributed by atoms with Crippen molar-refractivity contribution in [2.24, 2.45) is 0 Å². The summed E-state index contributed by atoms with van der Waals surface area (Å²) in [6.45, 7) is 1.92. The third kappa shape index (κ3) is 2.88. The number of amides is 1. The van der Waals surface area contributed by atoms with E-state index in [1.807, 2.05) is 37.3 Å². The summed E-state index contributed by atoms with van der Waals surface area (Å²) >= 11 is 3.24. The first-order valence-electron chi connectivity index (χ1n) is 5.54. The van der Waals surface area contributed by atoms with E-state index in [1.165, 1.54) is 0 Å². The third-order valence-electron chi connectivity index (χ3n) is 2.57. The second-order valence-corrected chi connectivity index (χ2v) is 4.71. The molecule has 4 heteroatoms. The monoisotopic (exact) mass is 295 g/mol. The molecule has 1 unspecified atom stereocenters. The first kappa shape index (κ1) is 12.2. The van der Waals surface area contributed by atoms with Crippen molar-refractivity contribution in [2.45, 2.75) is 19.4 Å². The second kappa shape index (κ2) is 5.36. The molecule has 0 radical (unpaired) electrons. The van der Waals surface area contributed by atoms with Crippen LogP contribution < -0.4 is 5.32 Å². The van der Waals surface area contributed by atoms with Gasteiger partial charge >= 0.3 is 0 Å². The molecule has 0 aliphatic heterocycles. The predicted octanol–water partition coefficient (Wildman–Crippen LogP) is 3.40. The highest BCUT2D eigenvalue weighted by Crippen LogP contribution is 2.23. The van der Waals surface area contributed by atoms with E-state index in [1.54, 1.807) is 0 Å². The van der Waals surface area contributed by atoms with Gasteiger partial charge in [0.2, 0.25) is 5.91 Å². The van der Waals surface area contributed by atoms with Crippen LogP contribution in [0.5, 0.6) is 0 Å². The van der Waals surface area contributed by atoms with Crippen LogP contribution in [-0.2, 0) is 4.79 Å². The average molecular weight is 296 g/mol. The number of halogens is 1. The van der Waals surface area contributed by atoms with Crippen LogP contribution in [0.2, 0.25) is 0 Å². The number of hydrogen-bond acceptors (Lipinski definition) is 2. The molecular weight excluding hydrogens is 282 g/mol. The van der Waals surface area contributed by atoms with Crippen molar-refractivity contribution in [1.82, 2.24) is 5.32 Å². The van der Waals surface area contributed by atoms with Crippen molar-refractivity contribution >= 4 is 32.8 Å². The van der Waals surface area contributed by atoms with Crippen LogP contribution in [0.1, 0.15) is 25.1 Å². The van der Waals surface area contributed by atoms with Crippen LogP contribution in [0.4, 0.5) is 0 Å². The SMILES string of the molecule is CC(NC(=O)CCBr)c1cc2ccccc2o1. The molecule has 0 aliphatic carbocycles. The molecule has 0 saturated heterocycles. The van der Waals surface area contributed by atoms with Gasteiger partial charge in [0.25, 0.3) is 0 Å². The van der Waals surface area contributed by atoms with Crippen molar-refractivity contribution < 1.29 is 9.21 Å². The highest BCUT2D eigenvalue weighted by atomic mass is 79.9. The second-order valence-electron chi connectivity index (χ2n) is 3.91. The Morgan fingerprint density at radius 3 is 2.94 bits per heavy atom. The van der Waals surface area contributed by atoms with Gasteiger partial charge in [0.1, 0.15) is 11.3 Å². The fraction of sp³-hybridized carbons (Fsp3) is 0.308. The van der Waals surface area contributed by atoms with Crippen LogP contribution in [0, 0.1) is 0 Å². The van der Waals surface area contributed by atoms with Crippen molar-refractivity contribution in [1.29, 1.82) is 0 Å². The Bertz CT molecular complexity index is 488. The quantitative estimate of drug-likeness (QED) is 0.879. The molecule has 0 aliphatic rings. The first-order chi connectivity index (χ1) is 8.20. The Labute approximate surface area is 108 Å². The normalized spacial score (nSPS) is 12.6. The summed E-state index contributed by atoms with van der Waals surface area (Å²) in [4.78, 5) is 11.5. The van der Waals surface area contributed by atoms with Crippen molar-refractivity contribution in [2.75, 3.05) is 5.33 Å². The molecule has 90 valence electrons. The Morgan fingerprint density at radius 2 is 2.24 bits per heavy atom. The van der Waals surface area contributed by atoms with Gasteiger partial charge in [-0.05, 0) is 19.1 Å². The summed E-state index contributed by atoms with van der Waals surface area (Å²) in [5.74, 6) is 0.809. The lowest BCUT2D eigenvalue weighted by Gasteiger charge is -2.10. The van der Waals surface area contributed by atoms with E-state index in [0.29, 0.717) is 11.8 Å². The molecule has 0 fully saturated rings. The maximum Gasteiger partial charge on any atom is 0.221 e. The maximum absolute atomic E-state index is 11.5. The number of hydrogen-bond donors (Lipinski definition) is 1. The maximum atomic E-state index is 11.5. The van der Waals surface area contributed by atoms with E-state index in [-0.39, 0.29) is 11.9 Å². The van der Waals surface area contributed by atoms with Gasteiger partial charge in [-0.15, -0.1) is 0 Å².